The Morgan fingerprint density at radius 1 is 1.59 bits per heavy atom. The lowest BCUT2D eigenvalue weighted by Crippen LogP contribution is -2.41. The molecule has 17 heavy (non-hydrogen) atoms. The highest BCUT2D eigenvalue weighted by atomic mass is 32.2. The fourth-order valence-electron chi connectivity index (χ4n) is 2.62. The number of hydrogen-bond donors (Lipinski definition) is 1. The largest absolute Gasteiger partial charge is 0.362 e. The van der Waals surface area contributed by atoms with Crippen molar-refractivity contribution in [1.82, 2.24) is 15.1 Å². The summed E-state index contributed by atoms with van der Waals surface area (Å²) in [4.78, 5) is 4.64. The van der Waals surface area contributed by atoms with Crippen molar-refractivity contribution in [2.45, 2.75) is 31.8 Å². The van der Waals surface area contributed by atoms with Crippen LogP contribution in [0.1, 0.15) is 24.8 Å². The maximum atomic E-state index is 4.64. The van der Waals surface area contributed by atoms with Crippen LogP contribution in [0.5, 0.6) is 0 Å². The molecule has 0 radical (unpaired) electrons. The van der Waals surface area contributed by atoms with E-state index in [1.807, 2.05) is 35.9 Å². The third-order valence-electron chi connectivity index (χ3n) is 3.57. The van der Waals surface area contributed by atoms with Crippen molar-refractivity contribution >= 4 is 16.9 Å². The molecule has 3 rings (SSSR count). The SMILES string of the molecule is Cn1cc(CN=C2NC3CCCC3CS2)cn1. The van der Waals surface area contributed by atoms with Gasteiger partial charge in [0.15, 0.2) is 5.17 Å². The van der Waals surface area contributed by atoms with Gasteiger partial charge in [0.25, 0.3) is 0 Å². The van der Waals surface area contributed by atoms with Gasteiger partial charge in [0.2, 0.25) is 0 Å². The molecule has 1 saturated heterocycles. The zero-order valence-corrected chi connectivity index (χ0v) is 10.9. The molecule has 4 nitrogen and oxygen atoms in total. The number of aromatic nitrogens is 2. The summed E-state index contributed by atoms with van der Waals surface area (Å²) < 4.78 is 1.82. The first-order valence-corrected chi connectivity index (χ1v) is 7.21. The van der Waals surface area contributed by atoms with Gasteiger partial charge >= 0.3 is 0 Å². The lowest BCUT2D eigenvalue weighted by atomic mass is 10.1. The topological polar surface area (TPSA) is 42.2 Å². The molecule has 2 aliphatic rings. The number of nitrogens with zero attached hydrogens (tertiary/aromatic N) is 3. The Balaban J connectivity index is 1.61. The summed E-state index contributed by atoms with van der Waals surface area (Å²) in [7, 11) is 1.94. The van der Waals surface area contributed by atoms with E-state index in [0.717, 1.165) is 17.6 Å². The third kappa shape index (κ3) is 2.49. The molecule has 1 saturated carbocycles. The van der Waals surface area contributed by atoms with Crippen LogP contribution in [0.4, 0.5) is 0 Å². The van der Waals surface area contributed by atoms with Crippen molar-refractivity contribution in [2.75, 3.05) is 5.75 Å². The predicted octanol–water partition coefficient (Wildman–Crippen LogP) is 1.78. The first kappa shape index (κ1) is 11.1. The molecule has 5 heteroatoms. The smallest absolute Gasteiger partial charge is 0.157 e. The maximum Gasteiger partial charge on any atom is 0.157 e. The van der Waals surface area contributed by atoms with Crippen molar-refractivity contribution < 1.29 is 0 Å². The van der Waals surface area contributed by atoms with Gasteiger partial charge in [0, 0.05) is 30.6 Å². The van der Waals surface area contributed by atoms with Gasteiger partial charge in [-0.1, -0.05) is 18.2 Å². The summed E-state index contributed by atoms with van der Waals surface area (Å²) in [5.41, 5.74) is 1.18. The Morgan fingerprint density at radius 2 is 2.53 bits per heavy atom. The first-order chi connectivity index (χ1) is 8.31. The van der Waals surface area contributed by atoms with E-state index < -0.39 is 0 Å². The molecule has 1 aliphatic heterocycles. The quantitative estimate of drug-likeness (QED) is 0.870. The molecule has 0 amide bonds. The number of nitrogens with one attached hydrogen (secondary N) is 1. The number of aliphatic imine (C=N–C) groups is 1. The summed E-state index contributed by atoms with van der Waals surface area (Å²) in [5.74, 6) is 2.11. The molecule has 2 atom stereocenters. The Morgan fingerprint density at radius 3 is 3.35 bits per heavy atom. The van der Waals surface area contributed by atoms with E-state index in [9.17, 15) is 0 Å². The number of hydrogen-bond acceptors (Lipinski definition) is 3. The molecule has 2 unspecified atom stereocenters. The first-order valence-electron chi connectivity index (χ1n) is 6.22. The normalized spacial score (nSPS) is 30.3. The van der Waals surface area contributed by atoms with Crippen LogP contribution in [0.3, 0.4) is 0 Å². The predicted molar refractivity (Wildman–Crippen MR) is 71.1 cm³/mol. The molecule has 0 spiro atoms. The van der Waals surface area contributed by atoms with Crippen LogP contribution in [0.2, 0.25) is 0 Å². The molecular weight excluding hydrogens is 232 g/mol. The molecule has 2 fully saturated rings. The molecule has 92 valence electrons. The number of thioether (sulfide) groups is 1. The molecule has 0 aromatic carbocycles. The van der Waals surface area contributed by atoms with Crippen molar-refractivity contribution in [3.63, 3.8) is 0 Å². The monoisotopic (exact) mass is 250 g/mol. The Labute approximate surface area is 106 Å². The van der Waals surface area contributed by atoms with Gasteiger partial charge in [0.05, 0.1) is 12.7 Å². The number of fused-ring (bicyclic) bond motifs is 1. The Bertz CT molecular complexity index is 426. The minimum Gasteiger partial charge on any atom is -0.362 e. The van der Waals surface area contributed by atoms with Crippen LogP contribution >= 0.6 is 11.8 Å². The van der Waals surface area contributed by atoms with Crippen LogP contribution in [-0.2, 0) is 13.6 Å². The Hall–Kier alpha value is -0.970. The van der Waals surface area contributed by atoms with E-state index >= 15 is 0 Å². The van der Waals surface area contributed by atoms with Crippen molar-refractivity contribution in [3.8, 4) is 0 Å². The van der Waals surface area contributed by atoms with Crippen LogP contribution in [0.15, 0.2) is 17.4 Å². The van der Waals surface area contributed by atoms with Crippen molar-refractivity contribution in [1.29, 1.82) is 0 Å². The summed E-state index contributed by atoms with van der Waals surface area (Å²) >= 11 is 1.88. The van der Waals surface area contributed by atoms with Gasteiger partial charge in [-0.3, -0.25) is 9.67 Å². The van der Waals surface area contributed by atoms with E-state index in [4.69, 9.17) is 0 Å². The minimum absolute atomic E-state index is 0.684. The fourth-order valence-corrected chi connectivity index (χ4v) is 3.78. The summed E-state index contributed by atoms with van der Waals surface area (Å²) in [6.45, 7) is 0.737. The highest BCUT2D eigenvalue weighted by molar-refractivity contribution is 8.13. The average Bonchev–Trinajstić information content (AvgIpc) is 2.94. The van der Waals surface area contributed by atoms with E-state index in [1.165, 1.54) is 30.6 Å². The zero-order chi connectivity index (χ0) is 11.7. The average molecular weight is 250 g/mol. The van der Waals surface area contributed by atoms with E-state index in [-0.39, 0.29) is 0 Å². The van der Waals surface area contributed by atoms with Gasteiger partial charge in [-0.2, -0.15) is 5.10 Å². The second kappa shape index (κ2) is 4.72. The zero-order valence-electron chi connectivity index (χ0n) is 10.1. The van der Waals surface area contributed by atoms with E-state index in [0.29, 0.717) is 6.04 Å². The number of amidine groups is 1. The second-order valence-electron chi connectivity index (χ2n) is 4.90. The highest BCUT2D eigenvalue weighted by Gasteiger charge is 2.31. The standard InChI is InChI=1S/C12H18N4S/c1-16-7-9(6-14-16)5-13-12-15-11-4-2-3-10(11)8-17-12/h6-7,10-11H,2-5,8H2,1H3,(H,13,15). The highest BCUT2D eigenvalue weighted by Crippen LogP contribution is 2.32. The molecule has 1 aromatic rings. The van der Waals surface area contributed by atoms with Gasteiger partial charge < -0.3 is 5.32 Å². The third-order valence-corrected chi connectivity index (χ3v) is 4.68. The van der Waals surface area contributed by atoms with Gasteiger partial charge in [-0.05, 0) is 18.8 Å². The van der Waals surface area contributed by atoms with Gasteiger partial charge in [-0.15, -0.1) is 0 Å². The summed E-state index contributed by atoms with van der Waals surface area (Å²) in [6, 6.07) is 0.684. The second-order valence-corrected chi connectivity index (χ2v) is 5.91. The molecule has 1 aromatic heterocycles. The van der Waals surface area contributed by atoms with Crippen LogP contribution in [0, 0.1) is 5.92 Å². The summed E-state index contributed by atoms with van der Waals surface area (Å²) in [5, 5.41) is 8.85. The maximum absolute atomic E-state index is 4.64. The van der Waals surface area contributed by atoms with Crippen LogP contribution in [0.25, 0.3) is 0 Å². The molecule has 1 N–H and O–H groups in total. The minimum atomic E-state index is 0.684. The van der Waals surface area contributed by atoms with Crippen LogP contribution < -0.4 is 5.32 Å². The van der Waals surface area contributed by atoms with Gasteiger partial charge in [-0.25, -0.2) is 0 Å². The van der Waals surface area contributed by atoms with E-state index in [2.05, 4.69) is 15.4 Å². The Kier molecular flexibility index (Phi) is 3.09. The molecule has 2 heterocycles. The molecular formula is C12H18N4S. The lowest BCUT2D eigenvalue weighted by molar-refractivity contribution is 0.489. The van der Waals surface area contributed by atoms with Crippen molar-refractivity contribution in [2.24, 2.45) is 18.0 Å². The van der Waals surface area contributed by atoms with E-state index in [1.54, 1.807) is 0 Å². The fraction of sp³-hybridized carbons (Fsp3) is 0.667. The van der Waals surface area contributed by atoms with Crippen LogP contribution in [-0.4, -0.2) is 26.7 Å². The van der Waals surface area contributed by atoms with Gasteiger partial charge in [0.1, 0.15) is 0 Å². The lowest BCUT2D eigenvalue weighted by Gasteiger charge is -2.27. The molecule has 1 aliphatic carbocycles. The van der Waals surface area contributed by atoms with Crippen molar-refractivity contribution in [3.05, 3.63) is 18.0 Å². The molecule has 0 bridgehead atoms. The summed E-state index contributed by atoms with van der Waals surface area (Å²) in [6.07, 6.45) is 7.99. The number of aryl methyl sites for hydroxylation is 1. The number of rotatable bonds is 2.